The fraction of sp³-hybridized carbons (Fsp3) is 0.571. The summed E-state index contributed by atoms with van der Waals surface area (Å²) in [5.74, 6) is 2.00. The van der Waals surface area contributed by atoms with E-state index in [2.05, 4.69) is 31.3 Å². The zero-order valence-electron chi connectivity index (χ0n) is 10.4. The highest BCUT2D eigenvalue weighted by molar-refractivity contribution is 6.20. The second-order valence-corrected chi connectivity index (χ2v) is 5.52. The van der Waals surface area contributed by atoms with Crippen LogP contribution in [-0.2, 0) is 0 Å². The van der Waals surface area contributed by atoms with Crippen molar-refractivity contribution in [1.82, 2.24) is 5.32 Å². The van der Waals surface area contributed by atoms with Crippen LogP contribution in [0.25, 0.3) is 0 Å². The van der Waals surface area contributed by atoms with Crippen LogP contribution >= 0.6 is 11.6 Å². The Morgan fingerprint density at radius 3 is 2.94 bits per heavy atom. The Bertz CT molecular complexity index is 367. The summed E-state index contributed by atoms with van der Waals surface area (Å²) in [5.41, 5.74) is 1.32. The predicted molar refractivity (Wildman–Crippen MR) is 72.0 cm³/mol. The topological polar surface area (TPSA) is 21.3 Å². The highest BCUT2D eigenvalue weighted by atomic mass is 35.5. The number of rotatable bonds is 5. The van der Waals surface area contributed by atoms with Crippen LogP contribution in [-0.4, -0.2) is 25.1 Å². The van der Waals surface area contributed by atoms with E-state index in [4.69, 9.17) is 16.3 Å². The van der Waals surface area contributed by atoms with Crippen molar-refractivity contribution in [3.8, 4) is 5.75 Å². The molecule has 0 aliphatic carbocycles. The van der Waals surface area contributed by atoms with Crippen molar-refractivity contribution in [1.29, 1.82) is 0 Å². The number of halogens is 1. The maximum absolute atomic E-state index is 6.21. The van der Waals surface area contributed by atoms with E-state index in [9.17, 15) is 0 Å². The first-order chi connectivity index (χ1) is 8.18. The van der Waals surface area contributed by atoms with Gasteiger partial charge in [-0.05, 0) is 12.0 Å². The van der Waals surface area contributed by atoms with Crippen molar-refractivity contribution in [3.63, 3.8) is 0 Å². The Morgan fingerprint density at radius 2 is 2.18 bits per heavy atom. The van der Waals surface area contributed by atoms with E-state index in [0.29, 0.717) is 11.8 Å². The average Bonchev–Trinajstić information content (AvgIpc) is 2.72. The van der Waals surface area contributed by atoms with Gasteiger partial charge in [0, 0.05) is 29.9 Å². The fourth-order valence-electron chi connectivity index (χ4n) is 2.03. The standard InChI is InChI=1S/C14H20ClNO/c1-10(2)13(15)8-16-7-11-9-17-14-6-4-3-5-12(11)14/h3-6,10-11,13,16H,7-9H2,1-2H3. The molecule has 2 rings (SSSR count). The SMILES string of the molecule is CC(C)C(Cl)CNCC1COc2ccccc21. The minimum Gasteiger partial charge on any atom is -0.493 e. The number of hydrogen-bond acceptors (Lipinski definition) is 2. The number of fused-ring (bicyclic) bond motifs is 1. The second-order valence-electron chi connectivity index (χ2n) is 4.96. The van der Waals surface area contributed by atoms with Crippen molar-refractivity contribution in [2.24, 2.45) is 5.92 Å². The normalized spacial score (nSPS) is 20.1. The van der Waals surface area contributed by atoms with Gasteiger partial charge in [-0.15, -0.1) is 11.6 Å². The smallest absolute Gasteiger partial charge is 0.122 e. The Labute approximate surface area is 108 Å². The maximum Gasteiger partial charge on any atom is 0.122 e. The minimum absolute atomic E-state index is 0.201. The van der Waals surface area contributed by atoms with Crippen LogP contribution in [0.4, 0.5) is 0 Å². The zero-order valence-corrected chi connectivity index (χ0v) is 11.2. The van der Waals surface area contributed by atoms with Crippen molar-refractivity contribution in [3.05, 3.63) is 29.8 Å². The lowest BCUT2D eigenvalue weighted by Gasteiger charge is -2.16. The molecule has 1 aromatic rings. The number of alkyl halides is 1. The van der Waals surface area contributed by atoms with Gasteiger partial charge in [0.25, 0.3) is 0 Å². The van der Waals surface area contributed by atoms with Crippen LogP contribution in [0.1, 0.15) is 25.3 Å². The Kier molecular flexibility index (Phi) is 4.30. The molecule has 1 N–H and O–H groups in total. The average molecular weight is 254 g/mol. The summed E-state index contributed by atoms with van der Waals surface area (Å²) in [6.45, 7) is 6.87. The molecule has 17 heavy (non-hydrogen) atoms. The highest BCUT2D eigenvalue weighted by Gasteiger charge is 2.23. The summed E-state index contributed by atoms with van der Waals surface area (Å²) in [5, 5.41) is 3.64. The Hall–Kier alpha value is -0.730. The molecule has 0 spiro atoms. The van der Waals surface area contributed by atoms with Crippen LogP contribution in [0.5, 0.6) is 5.75 Å². The van der Waals surface area contributed by atoms with Crippen LogP contribution < -0.4 is 10.1 Å². The molecule has 94 valence electrons. The first kappa shape index (κ1) is 12.7. The molecule has 0 amide bonds. The summed E-state index contributed by atoms with van der Waals surface area (Å²) in [6.07, 6.45) is 0. The van der Waals surface area contributed by atoms with Gasteiger partial charge < -0.3 is 10.1 Å². The molecule has 0 saturated carbocycles. The molecule has 1 aliphatic heterocycles. The maximum atomic E-state index is 6.21. The molecule has 2 atom stereocenters. The minimum atomic E-state index is 0.201. The monoisotopic (exact) mass is 253 g/mol. The van der Waals surface area contributed by atoms with Crippen LogP contribution in [0.15, 0.2) is 24.3 Å². The van der Waals surface area contributed by atoms with Gasteiger partial charge in [0.05, 0.1) is 6.61 Å². The van der Waals surface area contributed by atoms with E-state index in [-0.39, 0.29) is 5.38 Å². The number of nitrogens with one attached hydrogen (secondary N) is 1. The van der Waals surface area contributed by atoms with Gasteiger partial charge in [-0.1, -0.05) is 32.0 Å². The molecule has 0 bridgehead atoms. The van der Waals surface area contributed by atoms with E-state index in [1.165, 1.54) is 5.56 Å². The van der Waals surface area contributed by atoms with Gasteiger partial charge in [0.2, 0.25) is 0 Å². The number of para-hydroxylation sites is 1. The Balaban J connectivity index is 1.82. The molecule has 2 unspecified atom stereocenters. The molecule has 1 heterocycles. The molecule has 3 heteroatoms. The number of hydrogen-bond donors (Lipinski definition) is 1. The highest BCUT2D eigenvalue weighted by Crippen LogP contribution is 2.32. The summed E-state index contributed by atoms with van der Waals surface area (Å²) in [6, 6.07) is 8.27. The lowest BCUT2D eigenvalue weighted by atomic mass is 10.0. The number of benzene rings is 1. The first-order valence-electron chi connectivity index (χ1n) is 6.25. The van der Waals surface area contributed by atoms with Gasteiger partial charge in [0.1, 0.15) is 5.75 Å². The van der Waals surface area contributed by atoms with Crippen LogP contribution in [0.2, 0.25) is 0 Å². The molecule has 2 nitrogen and oxygen atoms in total. The van der Waals surface area contributed by atoms with E-state index in [1.807, 2.05) is 12.1 Å². The quantitative estimate of drug-likeness (QED) is 0.815. The molecule has 0 aromatic heterocycles. The van der Waals surface area contributed by atoms with Gasteiger partial charge in [-0.2, -0.15) is 0 Å². The molecule has 0 saturated heterocycles. The van der Waals surface area contributed by atoms with Gasteiger partial charge in [-0.25, -0.2) is 0 Å². The molecule has 1 aliphatic rings. The van der Waals surface area contributed by atoms with Crippen LogP contribution in [0.3, 0.4) is 0 Å². The molecular formula is C14H20ClNO. The Morgan fingerprint density at radius 1 is 1.41 bits per heavy atom. The summed E-state index contributed by atoms with van der Waals surface area (Å²) >= 11 is 6.21. The molecule has 0 radical (unpaired) electrons. The van der Waals surface area contributed by atoms with E-state index in [1.54, 1.807) is 0 Å². The van der Waals surface area contributed by atoms with Crippen molar-refractivity contribution < 1.29 is 4.74 Å². The molecule has 0 fully saturated rings. The lowest BCUT2D eigenvalue weighted by molar-refractivity contribution is 0.326. The van der Waals surface area contributed by atoms with E-state index >= 15 is 0 Å². The first-order valence-corrected chi connectivity index (χ1v) is 6.68. The summed E-state index contributed by atoms with van der Waals surface area (Å²) in [4.78, 5) is 0. The van der Waals surface area contributed by atoms with Gasteiger partial charge >= 0.3 is 0 Å². The fourth-order valence-corrected chi connectivity index (χ4v) is 2.14. The van der Waals surface area contributed by atoms with E-state index in [0.717, 1.165) is 25.4 Å². The summed E-state index contributed by atoms with van der Waals surface area (Å²) < 4.78 is 5.64. The number of ether oxygens (including phenoxy) is 1. The van der Waals surface area contributed by atoms with Gasteiger partial charge in [0.15, 0.2) is 0 Å². The zero-order chi connectivity index (χ0) is 12.3. The third-order valence-corrected chi connectivity index (χ3v) is 3.91. The van der Waals surface area contributed by atoms with Crippen molar-refractivity contribution in [2.45, 2.75) is 25.1 Å². The summed E-state index contributed by atoms with van der Waals surface area (Å²) in [7, 11) is 0. The third-order valence-electron chi connectivity index (χ3n) is 3.25. The third kappa shape index (κ3) is 3.14. The van der Waals surface area contributed by atoms with Gasteiger partial charge in [-0.3, -0.25) is 0 Å². The largest absolute Gasteiger partial charge is 0.493 e. The van der Waals surface area contributed by atoms with Crippen molar-refractivity contribution in [2.75, 3.05) is 19.7 Å². The lowest BCUT2D eigenvalue weighted by Crippen LogP contribution is -2.30. The second kappa shape index (κ2) is 5.74. The molecular weight excluding hydrogens is 234 g/mol. The predicted octanol–water partition coefficient (Wildman–Crippen LogP) is 3.02. The van der Waals surface area contributed by atoms with E-state index < -0.39 is 0 Å². The van der Waals surface area contributed by atoms with Crippen molar-refractivity contribution >= 4 is 11.6 Å². The molecule has 1 aromatic carbocycles. The van der Waals surface area contributed by atoms with Crippen LogP contribution in [0, 0.1) is 5.92 Å².